The van der Waals surface area contributed by atoms with Crippen LogP contribution in [0.1, 0.15) is 4.88 Å². The predicted molar refractivity (Wildman–Crippen MR) is 72.2 cm³/mol. The average Bonchev–Trinajstić information content (AvgIpc) is 2.48. The number of benzene rings is 1. The van der Waals surface area contributed by atoms with Crippen LogP contribution < -0.4 is 0 Å². The van der Waals surface area contributed by atoms with E-state index in [2.05, 4.69) is 50.7 Å². The number of rotatable bonds is 1. The van der Waals surface area contributed by atoms with Gasteiger partial charge >= 0.3 is 0 Å². The quantitative estimate of drug-likeness (QED) is 0.474. The SMILES string of the molecule is Clc1cc2cc(CBr)sc2cc1I. The Morgan fingerprint density at radius 3 is 2.85 bits per heavy atom. The van der Waals surface area contributed by atoms with Crippen molar-refractivity contribution in [1.82, 2.24) is 0 Å². The Balaban J connectivity index is 2.70. The molecule has 0 aliphatic rings. The highest BCUT2D eigenvalue weighted by atomic mass is 127. The van der Waals surface area contributed by atoms with E-state index in [1.807, 2.05) is 17.4 Å². The molecule has 0 aliphatic heterocycles. The molecular weight excluding hydrogens is 382 g/mol. The van der Waals surface area contributed by atoms with Crippen LogP contribution in [0.15, 0.2) is 18.2 Å². The van der Waals surface area contributed by atoms with Crippen molar-refractivity contribution in [3.63, 3.8) is 0 Å². The fourth-order valence-corrected chi connectivity index (χ4v) is 3.45. The molecule has 68 valence electrons. The molecule has 0 spiro atoms. The highest BCUT2D eigenvalue weighted by Crippen LogP contribution is 2.32. The van der Waals surface area contributed by atoms with Gasteiger partial charge in [-0.25, -0.2) is 0 Å². The van der Waals surface area contributed by atoms with Crippen LogP contribution in [0.2, 0.25) is 5.02 Å². The average molecular weight is 387 g/mol. The number of alkyl halides is 1. The van der Waals surface area contributed by atoms with Crippen molar-refractivity contribution in [2.45, 2.75) is 5.33 Å². The van der Waals surface area contributed by atoms with E-state index in [-0.39, 0.29) is 0 Å². The van der Waals surface area contributed by atoms with Gasteiger partial charge in [0.15, 0.2) is 0 Å². The highest BCUT2D eigenvalue weighted by Gasteiger charge is 2.04. The minimum absolute atomic E-state index is 0.840. The van der Waals surface area contributed by atoms with Crippen molar-refractivity contribution >= 4 is 71.5 Å². The van der Waals surface area contributed by atoms with Gasteiger partial charge in [0, 0.05) is 18.5 Å². The largest absolute Gasteiger partial charge is 0.139 e. The standard InChI is InChI=1S/C9H5BrClIS/c10-4-6-1-5-2-7(11)8(12)3-9(5)13-6/h1-3H,4H2. The Morgan fingerprint density at radius 2 is 2.15 bits per heavy atom. The van der Waals surface area contributed by atoms with Crippen LogP contribution in [-0.2, 0) is 5.33 Å². The zero-order chi connectivity index (χ0) is 9.42. The van der Waals surface area contributed by atoms with Gasteiger partial charge < -0.3 is 0 Å². The van der Waals surface area contributed by atoms with E-state index in [0.29, 0.717) is 0 Å². The topological polar surface area (TPSA) is 0 Å². The van der Waals surface area contributed by atoms with Crippen LogP contribution in [0.5, 0.6) is 0 Å². The highest BCUT2D eigenvalue weighted by molar-refractivity contribution is 14.1. The molecule has 0 bridgehead atoms. The summed E-state index contributed by atoms with van der Waals surface area (Å²) in [6.45, 7) is 0. The van der Waals surface area contributed by atoms with Gasteiger partial charge in [0.1, 0.15) is 0 Å². The van der Waals surface area contributed by atoms with Crippen LogP contribution in [0.4, 0.5) is 0 Å². The third-order valence-electron chi connectivity index (χ3n) is 1.74. The molecule has 2 rings (SSSR count). The molecule has 0 fully saturated rings. The summed E-state index contributed by atoms with van der Waals surface area (Å²) in [5.74, 6) is 0. The van der Waals surface area contributed by atoms with Crippen molar-refractivity contribution in [1.29, 1.82) is 0 Å². The first-order valence-corrected chi connectivity index (χ1v) is 7.03. The normalized spacial score (nSPS) is 11.0. The molecule has 0 atom stereocenters. The molecule has 0 nitrogen and oxygen atoms in total. The second kappa shape index (κ2) is 4.04. The van der Waals surface area contributed by atoms with Crippen LogP contribution in [0.25, 0.3) is 10.1 Å². The van der Waals surface area contributed by atoms with Crippen molar-refractivity contribution < 1.29 is 0 Å². The summed E-state index contributed by atoms with van der Waals surface area (Å²) in [4.78, 5) is 1.34. The Labute approximate surface area is 108 Å². The maximum Gasteiger partial charge on any atom is 0.0546 e. The lowest BCUT2D eigenvalue weighted by Crippen LogP contribution is -1.71. The van der Waals surface area contributed by atoms with E-state index in [1.54, 1.807) is 0 Å². The van der Waals surface area contributed by atoms with Gasteiger partial charge in [-0.3, -0.25) is 0 Å². The van der Waals surface area contributed by atoms with E-state index in [0.717, 1.165) is 13.9 Å². The van der Waals surface area contributed by atoms with Gasteiger partial charge in [0.2, 0.25) is 0 Å². The Morgan fingerprint density at radius 1 is 1.38 bits per heavy atom. The van der Waals surface area contributed by atoms with Crippen LogP contribution in [0.3, 0.4) is 0 Å². The van der Waals surface area contributed by atoms with Crippen LogP contribution >= 0.6 is 61.5 Å². The summed E-state index contributed by atoms with van der Waals surface area (Å²) in [6, 6.07) is 6.34. The van der Waals surface area contributed by atoms with E-state index in [9.17, 15) is 0 Å². The fourth-order valence-electron chi connectivity index (χ4n) is 1.16. The molecule has 1 heterocycles. The van der Waals surface area contributed by atoms with E-state index in [1.165, 1.54) is 15.0 Å². The van der Waals surface area contributed by atoms with E-state index >= 15 is 0 Å². The van der Waals surface area contributed by atoms with Gasteiger partial charge in [-0.2, -0.15) is 0 Å². The third-order valence-corrected chi connectivity index (χ3v) is 5.34. The van der Waals surface area contributed by atoms with Gasteiger partial charge in [-0.15, -0.1) is 11.3 Å². The maximum absolute atomic E-state index is 6.03. The molecule has 0 saturated carbocycles. The monoisotopic (exact) mass is 386 g/mol. The molecule has 0 saturated heterocycles. The summed E-state index contributed by atoms with van der Waals surface area (Å²) in [7, 11) is 0. The molecule has 1 aromatic heterocycles. The summed E-state index contributed by atoms with van der Waals surface area (Å²) < 4.78 is 2.43. The summed E-state index contributed by atoms with van der Waals surface area (Å²) in [6.07, 6.45) is 0. The fraction of sp³-hybridized carbons (Fsp3) is 0.111. The molecule has 4 heteroatoms. The number of hydrogen-bond acceptors (Lipinski definition) is 1. The predicted octanol–water partition coefficient (Wildman–Crippen LogP) is 5.05. The minimum atomic E-state index is 0.840. The zero-order valence-electron chi connectivity index (χ0n) is 6.48. The Hall–Kier alpha value is 0.680. The summed E-state index contributed by atoms with van der Waals surface area (Å²) in [5, 5.41) is 3.00. The van der Waals surface area contributed by atoms with Crippen molar-refractivity contribution in [2.75, 3.05) is 0 Å². The Kier molecular flexibility index (Phi) is 3.18. The van der Waals surface area contributed by atoms with Gasteiger partial charge in [0.25, 0.3) is 0 Å². The number of fused-ring (bicyclic) bond motifs is 1. The lowest BCUT2D eigenvalue weighted by atomic mass is 10.2. The first-order chi connectivity index (χ1) is 6.20. The van der Waals surface area contributed by atoms with Crippen LogP contribution in [0, 0.1) is 3.57 Å². The molecule has 0 amide bonds. The second-order valence-electron chi connectivity index (χ2n) is 2.65. The first kappa shape index (κ1) is 10.2. The molecule has 13 heavy (non-hydrogen) atoms. The summed E-state index contributed by atoms with van der Waals surface area (Å²) in [5.41, 5.74) is 0. The van der Waals surface area contributed by atoms with Crippen molar-refractivity contribution in [2.24, 2.45) is 0 Å². The zero-order valence-corrected chi connectivity index (χ0v) is 11.8. The van der Waals surface area contributed by atoms with Gasteiger partial charge in [0.05, 0.1) is 5.02 Å². The molecule has 1 aromatic carbocycles. The van der Waals surface area contributed by atoms with E-state index in [4.69, 9.17) is 11.6 Å². The Bertz CT molecular complexity index is 413. The minimum Gasteiger partial charge on any atom is -0.139 e. The van der Waals surface area contributed by atoms with E-state index < -0.39 is 0 Å². The van der Waals surface area contributed by atoms with Gasteiger partial charge in [-0.1, -0.05) is 27.5 Å². The number of thiophene rings is 1. The lowest BCUT2D eigenvalue weighted by Gasteiger charge is -1.94. The third kappa shape index (κ3) is 2.03. The molecule has 0 unspecified atom stereocenters. The number of hydrogen-bond donors (Lipinski definition) is 0. The summed E-state index contributed by atoms with van der Waals surface area (Å²) >= 11 is 13.5. The lowest BCUT2D eigenvalue weighted by molar-refractivity contribution is 1.59. The molecule has 2 aromatic rings. The molecular formula is C9H5BrClIS. The van der Waals surface area contributed by atoms with Crippen molar-refractivity contribution in [3.8, 4) is 0 Å². The van der Waals surface area contributed by atoms with Gasteiger partial charge in [-0.05, 0) is 46.2 Å². The maximum atomic E-state index is 6.03. The molecule has 0 radical (unpaired) electrons. The second-order valence-corrected chi connectivity index (χ2v) is 5.95. The molecule has 0 N–H and O–H groups in total. The van der Waals surface area contributed by atoms with Crippen LogP contribution in [-0.4, -0.2) is 0 Å². The smallest absolute Gasteiger partial charge is 0.0546 e. The molecule has 0 aliphatic carbocycles. The number of halogens is 3. The van der Waals surface area contributed by atoms with Crippen molar-refractivity contribution in [3.05, 3.63) is 31.7 Å². The first-order valence-electron chi connectivity index (χ1n) is 3.64.